The Bertz CT molecular complexity index is 1610. The highest BCUT2D eigenvalue weighted by Crippen LogP contribution is 2.32. The summed E-state index contributed by atoms with van der Waals surface area (Å²) in [6.07, 6.45) is 0.613. The van der Waals surface area contributed by atoms with Gasteiger partial charge in [0.2, 0.25) is 0 Å². The van der Waals surface area contributed by atoms with Crippen LogP contribution in [0.1, 0.15) is 59.9 Å². The van der Waals surface area contributed by atoms with Crippen LogP contribution >= 0.6 is 0 Å². The standard InChI is InChI=1S/C35H46N4O7/c1-34(2,3)45-32(41)36-27-22-31(40)38(28-10-8-7-9-26(27)28)18-17-37-15-13-25(14-16-37)39(33(42)46-35(4,5)6)23-24-11-12-29-30(21-24)44-20-19-43-29/h7-12,21-22,25H,13-20,23H2,1-6H3,(H,36,41). The minimum Gasteiger partial charge on any atom is -0.486 e. The third-order valence-corrected chi connectivity index (χ3v) is 7.88. The molecule has 1 N–H and O–H groups in total. The van der Waals surface area contributed by atoms with Crippen LogP contribution in [0.3, 0.4) is 0 Å². The Morgan fingerprint density at radius 2 is 1.57 bits per heavy atom. The third-order valence-electron chi connectivity index (χ3n) is 7.88. The number of pyridine rings is 1. The van der Waals surface area contributed by atoms with Crippen molar-refractivity contribution in [1.29, 1.82) is 0 Å². The number of rotatable bonds is 7. The summed E-state index contributed by atoms with van der Waals surface area (Å²) in [5.41, 5.74) is 0.649. The SMILES string of the molecule is CC(C)(C)OC(=O)Nc1cc(=O)n(CCN2CCC(N(Cc3ccc4c(c3)OCCO4)C(=O)OC(C)(C)C)CC2)c2ccccc12. The number of ether oxygens (including phenoxy) is 4. The zero-order valence-corrected chi connectivity index (χ0v) is 27.8. The Morgan fingerprint density at radius 1 is 0.891 bits per heavy atom. The van der Waals surface area contributed by atoms with E-state index >= 15 is 0 Å². The maximum absolute atomic E-state index is 13.4. The number of aromatic nitrogens is 1. The number of para-hydroxylation sites is 1. The molecule has 5 rings (SSSR count). The van der Waals surface area contributed by atoms with E-state index < -0.39 is 17.3 Å². The number of benzene rings is 2. The van der Waals surface area contributed by atoms with Crippen molar-refractivity contribution in [2.75, 3.05) is 38.2 Å². The van der Waals surface area contributed by atoms with E-state index in [2.05, 4.69) is 10.2 Å². The van der Waals surface area contributed by atoms with Crippen molar-refractivity contribution in [2.24, 2.45) is 0 Å². The van der Waals surface area contributed by atoms with Crippen molar-refractivity contribution in [2.45, 2.75) is 84.7 Å². The van der Waals surface area contributed by atoms with Gasteiger partial charge in [-0.1, -0.05) is 24.3 Å². The maximum atomic E-state index is 13.4. The summed E-state index contributed by atoms with van der Waals surface area (Å²) in [6.45, 7) is 15.1. The van der Waals surface area contributed by atoms with Gasteiger partial charge in [0, 0.05) is 50.2 Å². The number of hydrogen-bond acceptors (Lipinski definition) is 8. The Hall–Kier alpha value is -4.25. The van der Waals surface area contributed by atoms with Crippen LogP contribution in [0, 0.1) is 0 Å². The number of carbonyl (C=O) groups excluding carboxylic acids is 2. The Kier molecular flexibility index (Phi) is 9.81. The molecule has 2 aliphatic rings. The average molecular weight is 635 g/mol. The van der Waals surface area contributed by atoms with E-state index in [1.165, 1.54) is 6.07 Å². The second kappa shape index (κ2) is 13.6. The number of anilines is 1. The van der Waals surface area contributed by atoms with Crippen LogP contribution in [-0.4, -0.2) is 76.6 Å². The lowest BCUT2D eigenvalue weighted by atomic mass is 10.0. The Labute approximate surface area is 270 Å². The molecular formula is C35H46N4O7. The minimum atomic E-state index is -0.655. The zero-order chi connectivity index (χ0) is 33.1. The fourth-order valence-corrected chi connectivity index (χ4v) is 5.82. The number of hydrogen-bond donors (Lipinski definition) is 1. The predicted molar refractivity (Wildman–Crippen MR) is 177 cm³/mol. The molecule has 0 aliphatic carbocycles. The molecule has 0 spiro atoms. The molecule has 0 saturated carbocycles. The molecular weight excluding hydrogens is 588 g/mol. The van der Waals surface area contributed by atoms with Crippen LogP contribution in [0.5, 0.6) is 11.5 Å². The predicted octanol–water partition coefficient (Wildman–Crippen LogP) is 6.02. The fourth-order valence-electron chi connectivity index (χ4n) is 5.82. The lowest BCUT2D eigenvalue weighted by Gasteiger charge is -2.39. The molecule has 1 saturated heterocycles. The van der Waals surface area contributed by atoms with E-state index in [1.54, 1.807) is 25.3 Å². The van der Waals surface area contributed by atoms with Crippen LogP contribution in [0.15, 0.2) is 53.3 Å². The first kappa shape index (κ1) is 33.1. The van der Waals surface area contributed by atoms with Gasteiger partial charge in [0.15, 0.2) is 11.5 Å². The molecule has 2 aromatic carbocycles. The Balaban J connectivity index is 1.25. The van der Waals surface area contributed by atoms with Crippen molar-refractivity contribution < 1.29 is 28.5 Å². The number of fused-ring (bicyclic) bond motifs is 2. The van der Waals surface area contributed by atoms with Crippen LogP contribution in [0.25, 0.3) is 10.9 Å². The molecule has 11 heteroatoms. The van der Waals surface area contributed by atoms with Gasteiger partial charge in [-0.05, 0) is 78.1 Å². The van der Waals surface area contributed by atoms with Crippen LogP contribution in [0.4, 0.5) is 15.3 Å². The number of likely N-dealkylation sites (tertiary alicyclic amines) is 1. The molecule has 3 aromatic rings. The quantitative estimate of drug-likeness (QED) is 0.336. The highest BCUT2D eigenvalue weighted by Gasteiger charge is 2.32. The molecule has 11 nitrogen and oxygen atoms in total. The van der Waals surface area contributed by atoms with Crippen molar-refractivity contribution >= 4 is 28.8 Å². The van der Waals surface area contributed by atoms with Gasteiger partial charge in [-0.3, -0.25) is 10.1 Å². The summed E-state index contributed by atoms with van der Waals surface area (Å²) in [7, 11) is 0. The summed E-state index contributed by atoms with van der Waals surface area (Å²) < 4.78 is 24.4. The minimum absolute atomic E-state index is 0.000987. The topological polar surface area (TPSA) is 112 Å². The van der Waals surface area contributed by atoms with E-state index in [1.807, 2.05) is 68.1 Å². The second-order valence-electron chi connectivity index (χ2n) is 13.9. The number of nitrogens with one attached hydrogen (secondary N) is 1. The number of piperidine rings is 1. The lowest BCUT2D eigenvalue weighted by molar-refractivity contribution is 0.00560. The first-order valence-electron chi connectivity index (χ1n) is 16.0. The molecule has 0 radical (unpaired) electrons. The Morgan fingerprint density at radius 3 is 2.26 bits per heavy atom. The number of amides is 2. The van der Waals surface area contributed by atoms with Gasteiger partial charge in [0.25, 0.3) is 5.56 Å². The monoisotopic (exact) mass is 634 g/mol. The second-order valence-corrected chi connectivity index (χ2v) is 13.9. The summed E-state index contributed by atoms with van der Waals surface area (Å²) in [6, 6.07) is 14.8. The average Bonchev–Trinajstić information content (AvgIpc) is 2.98. The molecule has 46 heavy (non-hydrogen) atoms. The third kappa shape index (κ3) is 8.51. The molecule has 2 aliphatic heterocycles. The van der Waals surface area contributed by atoms with Crippen LogP contribution < -0.4 is 20.3 Å². The lowest BCUT2D eigenvalue weighted by Crippen LogP contribution is -2.49. The van der Waals surface area contributed by atoms with Gasteiger partial charge in [-0.25, -0.2) is 9.59 Å². The van der Waals surface area contributed by atoms with Crippen molar-refractivity contribution in [3.63, 3.8) is 0 Å². The zero-order valence-electron chi connectivity index (χ0n) is 27.8. The first-order valence-corrected chi connectivity index (χ1v) is 16.0. The highest BCUT2D eigenvalue weighted by atomic mass is 16.6. The van der Waals surface area contributed by atoms with Crippen molar-refractivity contribution in [3.8, 4) is 11.5 Å². The van der Waals surface area contributed by atoms with E-state index in [0.29, 0.717) is 50.0 Å². The largest absolute Gasteiger partial charge is 0.486 e. The highest BCUT2D eigenvalue weighted by molar-refractivity contribution is 5.98. The van der Waals surface area contributed by atoms with E-state index in [4.69, 9.17) is 18.9 Å². The van der Waals surface area contributed by atoms with Crippen molar-refractivity contribution in [1.82, 2.24) is 14.4 Å². The van der Waals surface area contributed by atoms with Gasteiger partial charge in [-0.2, -0.15) is 0 Å². The number of carbonyl (C=O) groups is 2. The first-order chi connectivity index (χ1) is 21.8. The molecule has 1 fully saturated rings. The molecule has 0 unspecified atom stereocenters. The molecule has 1 aromatic heterocycles. The van der Waals surface area contributed by atoms with Crippen LogP contribution in [0.2, 0.25) is 0 Å². The van der Waals surface area contributed by atoms with Gasteiger partial charge in [0.1, 0.15) is 24.4 Å². The van der Waals surface area contributed by atoms with Gasteiger partial charge in [0.05, 0.1) is 11.2 Å². The summed E-state index contributed by atoms with van der Waals surface area (Å²) >= 11 is 0. The molecule has 0 atom stereocenters. The number of nitrogens with zero attached hydrogens (tertiary/aromatic N) is 3. The van der Waals surface area contributed by atoms with Gasteiger partial charge in [-0.15, -0.1) is 0 Å². The molecule has 248 valence electrons. The molecule has 3 heterocycles. The summed E-state index contributed by atoms with van der Waals surface area (Å²) in [4.78, 5) is 43.3. The van der Waals surface area contributed by atoms with E-state index in [0.717, 1.165) is 42.4 Å². The molecule has 2 amide bonds. The maximum Gasteiger partial charge on any atom is 0.412 e. The summed E-state index contributed by atoms with van der Waals surface area (Å²) in [5, 5.41) is 3.51. The van der Waals surface area contributed by atoms with Gasteiger partial charge < -0.3 is 33.3 Å². The van der Waals surface area contributed by atoms with Crippen LogP contribution in [-0.2, 0) is 22.6 Å². The smallest absolute Gasteiger partial charge is 0.412 e. The molecule has 0 bridgehead atoms. The van der Waals surface area contributed by atoms with E-state index in [9.17, 15) is 14.4 Å². The fraction of sp³-hybridized carbons (Fsp3) is 0.514. The van der Waals surface area contributed by atoms with Gasteiger partial charge >= 0.3 is 12.2 Å². The normalized spacial score (nSPS) is 15.8. The summed E-state index contributed by atoms with van der Waals surface area (Å²) in [5.74, 6) is 1.41. The van der Waals surface area contributed by atoms with E-state index in [-0.39, 0.29) is 17.7 Å². The van der Waals surface area contributed by atoms with Crippen molar-refractivity contribution in [3.05, 3.63) is 64.4 Å².